The van der Waals surface area contributed by atoms with Crippen molar-refractivity contribution in [3.63, 3.8) is 0 Å². The molecule has 0 spiro atoms. The molecule has 0 aromatic heterocycles. The molecule has 0 heterocycles. The van der Waals surface area contributed by atoms with E-state index in [1.165, 1.54) is 0 Å². The van der Waals surface area contributed by atoms with Crippen molar-refractivity contribution in [2.75, 3.05) is 0 Å². The van der Waals surface area contributed by atoms with Crippen molar-refractivity contribution in [1.29, 1.82) is 0 Å². The van der Waals surface area contributed by atoms with Gasteiger partial charge in [0.2, 0.25) is 5.91 Å². The molecule has 1 aromatic rings. The van der Waals surface area contributed by atoms with Crippen molar-refractivity contribution < 1.29 is 14.7 Å². The minimum Gasteiger partial charge on any atom is -0.480 e. The number of aliphatic carboxylic acids is 1. The topological polar surface area (TPSA) is 66.4 Å². The van der Waals surface area contributed by atoms with E-state index in [-0.39, 0.29) is 17.7 Å². The summed E-state index contributed by atoms with van der Waals surface area (Å²) in [6.07, 6.45) is 1.88. The van der Waals surface area contributed by atoms with Crippen molar-refractivity contribution in [3.05, 3.63) is 35.9 Å². The number of rotatable bonds is 8. The Morgan fingerprint density at radius 3 is 2.24 bits per heavy atom. The largest absolute Gasteiger partial charge is 0.480 e. The molecule has 0 aliphatic heterocycles. The minimum absolute atomic E-state index is 0.0803. The van der Waals surface area contributed by atoms with Crippen molar-refractivity contribution in [1.82, 2.24) is 5.32 Å². The highest BCUT2D eigenvalue weighted by molar-refractivity contribution is 5.84. The maximum Gasteiger partial charge on any atom is 0.326 e. The van der Waals surface area contributed by atoms with Crippen LogP contribution in [0.2, 0.25) is 0 Å². The van der Waals surface area contributed by atoms with E-state index in [0.29, 0.717) is 12.8 Å². The van der Waals surface area contributed by atoms with Crippen LogP contribution in [0.15, 0.2) is 30.3 Å². The number of carbonyl (C=O) groups is 2. The predicted molar refractivity (Wildman–Crippen MR) is 83.1 cm³/mol. The van der Waals surface area contributed by atoms with E-state index >= 15 is 0 Å². The van der Waals surface area contributed by atoms with Crippen LogP contribution in [-0.2, 0) is 9.59 Å². The molecule has 0 aliphatic rings. The van der Waals surface area contributed by atoms with Gasteiger partial charge in [-0.25, -0.2) is 4.79 Å². The summed E-state index contributed by atoms with van der Waals surface area (Å²) in [5.74, 6) is -1.12. The second-order valence-corrected chi connectivity index (χ2v) is 5.49. The van der Waals surface area contributed by atoms with Crippen molar-refractivity contribution in [2.45, 2.75) is 52.0 Å². The Hall–Kier alpha value is -1.84. The van der Waals surface area contributed by atoms with E-state index in [2.05, 4.69) is 5.32 Å². The Morgan fingerprint density at radius 1 is 1.14 bits per heavy atom. The van der Waals surface area contributed by atoms with Gasteiger partial charge >= 0.3 is 5.97 Å². The molecule has 3 atom stereocenters. The second kappa shape index (κ2) is 8.45. The molecule has 4 heteroatoms. The van der Waals surface area contributed by atoms with Crippen molar-refractivity contribution in [3.8, 4) is 0 Å². The summed E-state index contributed by atoms with van der Waals surface area (Å²) < 4.78 is 0. The SMILES string of the molecule is CCC(CC(=O)N[C@H](C(=O)O)[C@@H](C)CC)c1ccccc1. The zero-order valence-corrected chi connectivity index (χ0v) is 13.0. The molecule has 0 aliphatic carbocycles. The first kappa shape index (κ1) is 17.2. The number of hydrogen-bond acceptors (Lipinski definition) is 2. The molecule has 0 saturated heterocycles. The van der Waals surface area contributed by atoms with E-state index in [9.17, 15) is 14.7 Å². The highest BCUT2D eigenvalue weighted by atomic mass is 16.4. The molecule has 1 unspecified atom stereocenters. The highest BCUT2D eigenvalue weighted by Crippen LogP contribution is 2.23. The lowest BCUT2D eigenvalue weighted by atomic mass is 9.92. The third kappa shape index (κ3) is 5.21. The van der Waals surface area contributed by atoms with Crippen LogP contribution in [0.1, 0.15) is 51.5 Å². The van der Waals surface area contributed by atoms with Gasteiger partial charge in [0.1, 0.15) is 6.04 Å². The summed E-state index contributed by atoms with van der Waals surface area (Å²) in [5.41, 5.74) is 1.12. The average molecular weight is 291 g/mol. The third-order valence-electron chi connectivity index (χ3n) is 3.99. The minimum atomic E-state index is -0.967. The fourth-order valence-electron chi connectivity index (χ4n) is 2.36. The van der Waals surface area contributed by atoms with Gasteiger partial charge in [-0.15, -0.1) is 0 Å². The smallest absolute Gasteiger partial charge is 0.326 e. The molecule has 0 bridgehead atoms. The van der Waals surface area contributed by atoms with Gasteiger partial charge in [0.25, 0.3) is 0 Å². The van der Waals surface area contributed by atoms with Gasteiger partial charge in [0.15, 0.2) is 0 Å². The fraction of sp³-hybridized carbons (Fsp3) is 0.529. The van der Waals surface area contributed by atoms with Crippen LogP contribution in [0.4, 0.5) is 0 Å². The molecule has 0 radical (unpaired) electrons. The van der Waals surface area contributed by atoms with E-state index in [4.69, 9.17) is 0 Å². The van der Waals surface area contributed by atoms with Crippen molar-refractivity contribution in [2.24, 2.45) is 5.92 Å². The molecule has 1 rings (SSSR count). The summed E-state index contributed by atoms with van der Waals surface area (Å²) in [5, 5.41) is 11.9. The number of carboxylic acids is 1. The zero-order chi connectivity index (χ0) is 15.8. The summed E-state index contributed by atoms with van der Waals surface area (Å²) >= 11 is 0. The molecule has 21 heavy (non-hydrogen) atoms. The van der Waals surface area contributed by atoms with Crippen LogP contribution in [0.3, 0.4) is 0 Å². The lowest BCUT2D eigenvalue weighted by molar-refractivity contribution is -0.143. The monoisotopic (exact) mass is 291 g/mol. The van der Waals surface area contributed by atoms with Crippen LogP contribution in [0.5, 0.6) is 0 Å². The third-order valence-corrected chi connectivity index (χ3v) is 3.99. The van der Waals surface area contributed by atoms with Crippen LogP contribution in [0, 0.1) is 5.92 Å². The Bertz CT molecular complexity index is 458. The van der Waals surface area contributed by atoms with Gasteiger partial charge in [-0.3, -0.25) is 4.79 Å². The summed E-state index contributed by atoms with van der Waals surface area (Å²) in [6, 6.07) is 9.05. The maximum atomic E-state index is 12.1. The van der Waals surface area contributed by atoms with Crippen LogP contribution in [-0.4, -0.2) is 23.0 Å². The van der Waals surface area contributed by atoms with Gasteiger partial charge in [-0.1, -0.05) is 57.5 Å². The predicted octanol–water partition coefficient (Wildman–Crippen LogP) is 3.19. The summed E-state index contributed by atoms with van der Waals surface area (Å²) in [6.45, 7) is 5.80. The highest BCUT2D eigenvalue weighted by Gasteiger charge is 2.26. The standard InChI is InChI=1S/C17H25NO3/c1-4-12(3)16(17(20)21)18-15(19)11-13(5-2)14-9-7-6-8-10-14/h6-10,12-13,16H,4-5,11H2,1-3H3,(H,18,19)(H,20,21)/t12-,13?,16-/m0/s1. The van der Waals surface area contributed by atoms with Gasteiger partial charge in [0, 0.05) is 6.42 Å². The van der Waals surface area contributed by atoms with E-state index in [1.54, 1.807) is 0 Å². The van der Waals surface area contributed by atoms with Gasteiger partial charge in [-0.05, 0) is 23.8 Å². The number of carbonyl (C=O) groups excluding carboxylic acids is 1. The van der Waals surface area contributed by atoms with Gasteiger partial charge < -0.3 is 10.4 Å². The average Bonchev–Trinajstić information content (AvgIpc) is 2.50. The quantitative estimate of drug-likeness (QED) is 0.773. The molecule has 1 amide bonds. The zero-order valence-electron chi connectivity index (χ0n) is 13.0. The Labute approximate surface area is 126 Å². The second-order valence-electron chi connectivity index (χ2n) is 5.49. The molecule has 1 aromatic carbocycles. The van der Waals surface area contributed by atoms with E-state index in [1.807, 2.05) is 51.1 Å². The lowest BCUT2D eigenvalue weighted by Crippen LogP contribution is -2.45. The van der Waals surface area contributed by atoms with E-state index in [0.717, 1.165) is 12.0 Å². The normalized spacial score (nSPS) is 15.0. The van der Waals surface area contributed by atoms with Gasteiger partial charge in [-0.2, -0.15) is 0 Å². The molecular weight excluding hydrogens is 266 g/mol. The first-order valence-corrected chi connectivity index (χ1v) is 7.56. The maximum absolute atomic E-state index is 12.1. The summed E-state index contributed by atoms with van der Waals surface area (Å²) in [4.78, 5) is 23.4. The summed E-state index contributed by atoms with van der Waals surface area (Å²) in [7, 11) is 0. The first-order chi connectivity index (χ1) is 9.99. The van der Waals surface area contributed by atoms with Gasteiger partial charge in [0.05, 0.1) is 0 Å². The Balaban J connectivity index is 2.68. The molecule has 4 nitrogen and oxygen atoms in total. The lowest BCUT2D eigenvalue weighted by Gasteiger charge is -2.22. The van der Waals surface area contributed by atoms with E-state index < -0.39 is 12.0 Å². The fourth-order valence-corrected chi connectivity index (χ4v) is 2.36. The number of hydrogen-bond donors (Lipinski definition) is 2. The Morgan fingerprint density at radius 2 is 1.76 bits per heavy atom. The number of benzene rings is 1. The molecule has 116 valence electrons. The number of nitrogens with one attached hydrogen (secondary N) is 1. The number of carboxylic acid groups (broad SMARTS) is 1. The van der Waals surface area contributed by atoms with Crippen LogP contribution >= 0.6 is 0 Å². The first-order valence-electron chi connectivity index (χ1n) is 7.56. The molecule has 0 fully saturated rings. The molecule has 2 N–H and O–H groups in total. The molecule has 0 saturated carbocycles. The van der Waals surface area contributed by atoms with Crippen LogP contribution < -0.4 is 5.32 Å². The van der Waals surface area contributed by atoms with Crippen molar-refractivity contribution >= 4 is 11.9 Å². The molecular formula is C17H25NO3. The number of amides is 1. The van der Waals surface area contributed by atoms with Crippen LogP contribution in [0.25, 0.3) is 0 Å². The Kier molecular flexibility index (Phi) is 6.92.